The summed E-state index contributed by atoms with van der Waals surface area (Å²) < 4.78 is 0. The van der Waals surface area contributed by atoms with Gasteiger partial charge in [0.25, 0.3) is 17.1 Å². The van der Waals surface area contributed by atoms with Gasteiger partial charge < -0.3 is 10.6 Å². The highest BCUT2D eigenvalue weighted by molar-refractivity contribution is 8.18. The fraction of sp³-hybridized carbons (Fsp3) is 0.143. The first-order valence-electron chi connectivity index (χ1n) is 8.90. The topological polar surface area (TPSA) is 95.6 Å². The molecule has 1 aliphatic heterocycles. The number of benzene rings is 2. The standard InChI is InChI=1S/C21H19N3O4S/c1-14(25)23-17-9-7-16(8-10-17)19(26)22-11-12-24-20(27)18(29-21(24)28)13-15-5-3-2-4-6-15/h2-10,13H,11-12H2,1H3,(H,22,26)(H,23,25). The van der Waals surface area contributed by atoms with Crippen LogP contribution in [0.25, 0.3) is 6.08 Å². The van der Waals surface area contributed by atoms with Crippen LogP contribution in [0.3, 0.4) is 0 Å². The fourth-order valence-electron chi connectivity index (χ4n) is 2.68. The van der Waals surface area contributed by atoms with Gasteiger partial charge in [-0.25, -0.2) is 0 Å². The number of hydrogen-bond donors (Lipinski definition) is 2. The van der Waals surface area contributed by atoms with E-state index in [9.17, 15) is 19.2 Å². The molecular formula is C21H19N3O4S. The minimum atomic E-state index is -0.363. The number of nitrogens with zero attached hydrogens (tertiary/aromatic N) is 1. The third-order valence-corrected chi connectivity index (χ3v) is 4.97. The predicted molar refractivity (Wildman–Crippen MR) is 112 cm³/mol. The zero-order valence-corrected chi connectivity index (χ0v) is 16.5. The molecule has 1 saturated heterocycles. The van der Waals surface area contributed by atoms with Crippen LogP contribution in [0.5, 0.6) is 0 Å². The summed E-state index contributed by atoms with van der Waals surface area (Å²) in [6.45, 7) is 1.63. The highest BCUT2D eigenvalue weighted by atomic mass is 32.2. The van der Waals surface area contributed by atoms with Gasteiger partial charge in [-0.2, -0.15) is 0 Å². The third-order valence-electron chi connectivity index (χ3n) is 4.06. The second-order valence-corrected chi connectivity index (χ2v) is 7.25. The maximum atomic E-state index is 12.5. The van der Waals surface area contributed by atoms with E-state index in [1.807, 2.05) is 30.3 Å². The summed E-state index contributed by atoms with van der Waals surface area (Å²) in [7, 11) is 0. The molecule has 1 aliphatic rings. The smallest absolute Gasteiger partial charge is 0.293 e. The van der Waals surface area contributed by atoms with E-state index >= 15 is 0 Å². The van der Waals surface area contributed by atoms with Crippen molar-refractivity contribution < 1.29 is 19.2 Å². The highest BCUT2D eigenvalue weighted by Gasteiger charge is 2.34. The normalized spacial score (nSPS) is 14.9. The Labute approximate surface area is 172 Å². The van der Waals surface area contributed by atoms with Crippen LogP contribution in [0.2, 0.25) is 0 Å². The molecule has 29 heavy (non-hydrogen) atoms. The molecule has 148 valence electrons. The van der Waals surface area contributed by atoms with E-state index in [0.29, 0.717) is 16.2 Å². The zero-order valence-electron chi connectivity index (χ0n) is 15.7. The lowest BCUT2D eigenvalue weighted by Gasteiger charge is -2.13. The van der Waals surface area contributed by atoms with E-state index in [0.717, 1.165) is 22.2 Å². The lowest BCUT2D eigenvalue weighted by molar-refractivity contribution is -0.122. The molecule has 2 N–H and O–H groups in total. The fourth-order valence-corrected chi connectivity index (χ4v) is 3.55. The first kappa shape index (κ1) is 20.3. The number of hydrogen-bond acceptors (Lipinski definition) is 5. The molecule has 7 nitrogen and oxygen atoms in total. The Hall–Kier alpha value is -3.39. The Morgan fingerprint density at radius 2 is 1.72 bits per heavy atom. The lowest BCUT2D eigenvalue weighted by atomic mass is 10.2. The molecule has 4 amide bonds. The third kappa shape index (κ3) is 5.32. The van der Waals surface area contributed by atoms with Gasteiger partial charge >= 0.3 is 0 Å². The van der Waals surface area contributed by atoms with Crippen LogP contribution >= 0.6 is 11.8 Å². The van der Waals surface area contributed by atoms with E-state index in [-0.39, 0.29) is 36.1 Å². The Bertz CT molecular complexity index is 971. The second kappa shape index (κ2) is 9.20. The first-order valence-corrected chi connectivity index (χ1v) is 9.72. The average molecular weight is 409 g/mol. The number of thioether (sulfide) groups is 1. The number of amides is 4. The molecule has 0 aromatic heterocycles. The molecule has 2 aromatic carbocycles. The van der Waals surface area contributed by atoms with Gasteiger partial charge in [-0.3, -0.25) is 24.1 Å². The largest absolute Gasteiger partial charge is 0.350 e. The van der Waals surface area contributed by atoms with Crippen LogP contribution in [0.4, 0.5) is 10.5 Å². The molecule has 8 heteroatoms. The van der Waals surface area contributed by atoms with E-state index in [4.69, 9.17) is 0 Å². The number of carbonyl (C=O) groups excluding carboxylic acids is 4. The average Bonchev–Trinajstić information content (AvgIpc) is 2.96. The second-order valence-electron chi connectivity index (χ2n) is 6.26. The van der Waals surface area contributed by atoms with Crippen LogP contribution in [0.15, 0.2) is 59.5 Å². The van der Waals surface area contributed by atoms with Crippen molar-refractivity contribution in [3.63, 3.8) is 0 Å². The highest BCUT2D eigenvalue weighted by Crippen LogP contribution is 2.31. The number of imide groups is 1. The number of anilines is 1. The Morgan fingerprint density at radius 3 is 2.38 bits per heavy atom. The van der Waals surface area contributed by atoms with Crippen LogP contribution in [0, 0.1) is 0 Å². The molecule has 3 rings (SSSR count). The predicted octanol–water partition coefficient (Wildman–Crippen LogP) is 3.11. The van der Waals surface area contributed by atoms with Crippen LogP contribution in [-0.4, -0.2) is 41.0 Å². The van der Waals surface area contributed by atoms with Gasteiger partial charge in [0.05, 0.1) is 4.91 Å². The van der Waals surface area contributed by atoms with Crippen LogP contribution < -0.4 is 10.6 Å². The van der Waals surface area contributed by atoms with Crippen molar-refractivity contribution in [2.75, 3.05) is 18.4 Å². The summed E-state index contributed by atoms with van der Waals surface area (Å²) in [6.07, 6.45) is 1.68. The van der Waals surface area contributed by atoms with Crippen molar-refractivity contribution in [1.82, 2.24) is 10.2 Å². The molecule has 1 fully saturated rings. The molecule has 0 unspecified atom stereocenters. The van der Waals surface area contributed by atoms with E-state index in [1.54, 1.807) is 30.3 Å². The molecule has 0 bridgehead atoms. The van der Waals surface area contributed by atoms with Gasteiger partial charge in [-0.05, 0) is 47.7 Å². The minimum absolute atomic E-state index is 0.0898. The van der Waals surface area contributed by atoms with Crippen molar-refractivity contribution in [2.24, 2.45) is 0 Å². The number of carbonyl (C=O) groups is 4. The van der Waals surface area contributed by atoms with Gasteiger partial charge in [-0.15, -0.1) is 0 Å². The summed E-state index contributed by atoms with van der Waals surface area (Å²) in [6, 6.07) is 15.7. The minimum Gasteiger partial charge on any atom is -0.350 e. The summed E-state index contributed by atoms with van der Waals surface area (Å²) >= 11 is 0.890. The molecule has 0 spiro atoms. The van der Waals surface area contributed by atoms with E-state index in [2.05, 4.69) is 10.6 Å². The van der Waals surface area contributed by atoms with Gasteiger partial charge in [0.1, 0.15) is 0 Å². The quantitative estimate of drug-likeness (QED) is 0.715. The SMILES string of the molecule is CC(=O)Nc1ccc(C(=O)NCCN2C(=O)SC(=Cc3ccccc3)C2=O)cc1. The monoisotopic (exact) mass is 409 g/mol. The maximum absolute atomic E-state index is 12.5. The molecule has 0 radical (unpaired) electrons. The Morgan fingerprint density at radius 1 is 1.03 bits per heavy atom. The first-order chi connectivity index (χ1) is 13.9. The van der Waals surface area contributed by atoms with Crippen molar-refractivity contribution in [3.8, 4) is 0 Å². The van der Waals surface area contributed by atoms with Crippen molar-refractivity contribution in [3.05, 3.63) is 70.6 Å². The summed E-state index contributed by atoms with van der Waals surface area (Å²) in [4.78, 5) is 49.3. The maximum Gasteiger partial charge on any atom is 0.293 e. The van der Waals surface area contributed by atoms with Crippen molar-refractivity contribution >= 4 is 46.5 Å². The van der Waals surface area contributed by atoms with Gasteiger partial charge in [-0.1, -0.05) is 30.3 Å². The van der Waals surface area contributed by atoms with Gasteiger partial charge in [0.2, 0.25) is 5.91 Å². The summed E-state index contributed by atoms with van der Waals surface area (Å²) in [5, 5.41) is 4.96. The van der Waals surface area contributed by atoms with E-state index in [1.165, 1.54) is 6.92 Å². The molecule has 0 saturated carbocycles. The Kier molecular flexibility index (Phi) is 6.46. The molecule has 1 heterocycles. The number of nitrogens with one attached hydrogen (secondary N) is 2. The molecule has 0 atom stereocenters. The van der Waals surface area contributed by atoms with Crippen molar-refractivity contribution in [2.45, 2.75) is 6.92 Å². The van der Waals surface area contributed by atoms with Crippen molar-refractivity contribution in [1.29, 1.82) is 0 Å². The Balaban J connectivity index is 1.54. The van der Waals surface area contributed by atoms with Crippen LogP contribution in [0.1, 0.15) is 22.8 Å². The molecule has 0 aliphatic carbocycles. The van der Waals surface area contributed by atoms with Gasteiger partial charge in [0.15, 0.2) is 0 Å². The van der Waals surface area contributed by atoms with Gasteiger partial charge in [0, 0.05) is 31.3 Å². The lowest BCUT2D eigenvalue weighted by Crippen LogP contribution is -2.37. The molecule has 2 aromatic rings. The number of rotatable bonds is 6. The summed E-state index contributed by atoms with van der Waals surface area (Å²) in [5.41, 5.74) is 1.85. The molecular weight excluding hydrogens is 390 g/mol. The van der Waals surface area contributed by atoms with Crippen LogP contribution in [-0.2, 0) is 9.59 Å². The summed E-state index contributed by atoms with van der Waals surface area (Å²) in [5.74, 6) is -0.885. The zero-order chi connectivity index (χ0) is 20.8. The van der Waals surface area contributed by atoms with E-state index < -0.39 is 0 Å².